The quantitative estimate of drug-likeness (QED) is 0.538. The molecule has 0 radical (unpaired) electrons. The molecule has 2 aromatic rings. The standard InChI is InChI=1S/C10H12N4O3/c11-5-1-2-8-6(3-5)14-10(17-8)13-4-7(15)9(12)16/h1-3,7,15H,4,11H2,(H2,12,16)(H,13,14). The fourth-order valence-electron chi connectivity index (χ4n) is 1.30. The third-order valence-corrected chi connectivity index (χ3v) is 2.19. The van der Waals surface area contributed by atoms with Gasteiger partial charge in [0.2, 0.25) is 5.91 Å². The van der Waals surface area contributed by atoms with Gasteiger partial charge in [0.15, 0.2) is 5.58 Å². The number of primary amides is 1. The Hall–Kier alpha value is -2.28. The lowest BCUT2D eigenvalue weighted by molar-refractivity contribution is -0.125. The third-order valence-electron chi connectivity index (χ3n) is 2.19. The number of carbonyl (C=O) groups is 1. The van der Waals surface area contributed by atoms with Gasteiger partial charge in [-0.1, -0.05) is 0 Å². The van der Waals surface area contributed by atoms with E-state index in [9.17, 15) is 9.90 Å². The second-order valence-corrected chi connectivity index (χ2v) is 3.55. The first kappa shape index (κ1) is 11.2. The van der Waals surface area contributed by atoms with Crippen LogP contribution in [-0.4, -0.2) is 28.6 Å². The number of oxazole rings is 1. The van der Waals surface area contributed by atoms with Crippen LogP contribution >= 0.6 is 0 Å². The summed E-state index contributed by atoms with van der Waals surface area (Å²) in [5.41, 5.74) is 12.2. The predicted molar refractivity (Wildman–Crippen MR) is 62.1 cm³/mol. The van der Waals surface area contributed by atoms with Gasteiger partial charge in [0.25, 0.3) is 6.01 Å². The summed E-state index contributed by atoms with van der Waals surface area (Å²) in [6.07, 6.45) is -1.28. The molecular formula is C10H12N4O3. The van der Waals surface area contributed by atoms with Crippen LogP contribution in [0, 0.1) is 0 Å². The van der Waals surface area contributed by atoms with Gasteiger partial charge in [-0.05, 0) is 18.2 Å². The number of hydrogen-bond donors (Lipinski definition) is 4. The van der Waals surface area contributed by atoms with Crippen molar-refractivity contribution in [2.45, 2.75) is 6.10 Å². The first-order valence-electron chi connectivity index (χ1n) is 4.93. The number of anilines is 2. The Labute approximate surface area is 96.4 Å². The van der Waals surface area contributed by atoms with Crippen LogP contribution in [0.15, 0.2) is 22.6 Å². The number of nitrogens with two attached hydrogens (primary N) is 2. The number of aliphatic hydroxyl groups excluding tert-OH is 1. The molecule has 0 aliphatic rings. The number of nitrogen functional groups attached to an aromatic ring is 1. The Kier molecular flexibility index (Phi) is 2.84. The van der Waals surface area contributed by atoms with E-state index < -0.39 is 12.0 Å². The van der Waals surface area contributed by atoms with Crippen molar-refractivity contribution < 1.29 is 14.3 Å². The van der Waals surface area contributed by atoms with Crippen LogP contribution in [0.5, 0.6) is 0 Å². The molecule has 6 N–H and O–H groups in total. The Bertz CT molecular complexity index is 551. The molecule has 0 spiro atoms. The Balaban J connectivity index is 2.12. The van der Waals surface area contributed by atoms with Crippen LogP contribution in [0.3, 0.4) is 0 Å². The van der Waals surface area contributed by atoms with E-state index in [1.165, 1.54) is 0 Å². The Morgan fingerprint density at radius 3 is 3.06 bits per heavy atom. The van der Waals surface area contributed by atoms with E-state index in [-0.39, 0.29) is 12.6 Å². The summed E-state index contributed by atoms with van der Waals surface area (Å²) in [5.74, 6) is -0.808. The molecule has 0 aliphatic carbocycles. The summed E-state index contributed by atoms with van der Waals surface area (Å²) in [6, 6.07) is 5.24. The number of fused-ring (bicyclic) bond motifs is 1. The molecular weight excluding hydrogens is 224 g/mol. The second-order valence-electron chi connectivity index (χ2n) is 3.55. The average molecular weight is 236 g/mol. The average Bonchev–Trinajstić information content (AvgIpc) is 2.67. The molecule has 2 rings (SSSR count). The maximum Gasteiger partial charge on any atom is 0.295 e. The van der Waals surface area contributed by atoms with Gasteiger partial charge < -0.3 is 26.3 Å². The van der Waals surface area contributed by atoms with E-state index in [1.807, 2.05) is 0 Å². The van der Waals surface area contributed by atoms with Crippen molar-refractivity contribution in [3.8, 4) is 0 Å². The van der Waals surface area contributed by atoms with Crippen molar-refractivity contribution in [2.24, 2.45) is 5.73 Å². The lowest BCUT2D eigenvalue weighted by atomic mass is 10.3. The fourth-order valence-corrected chi connectivity index (χ4v) is 1.30. The number of amides is 1. The number of aliphatic hydroxyl groups is 1. The number of nitrogens with one attached hydrogen (secondary N) is 1. The Morgan fingerprint density at radius 2 is 2.35 bits per heavy atom. The smallest absolute Gasteiger partial charge is 0.295 e. The number of carbonyl (C=O) groups excluding carboxylic acids is 1. The van der Waals surface area contributed by atoms with Crippen LogP contribution in [0.4, 0.5) is 11.7 Å². The topological polar surface area (TPSA) is 127 Å². The van der Waals surface area contributed by atoms with Gasteiger partial charge in [0.05, 0.1) is 6.54 Å². The molecule has 7 nitrogen and oxygen atoms in total. The van der Waals surface area contributed by atoms with E-state index >= 15 is 0 Å². The number of nitrogens with zero attached hydrogens (tertiary/aromatic N) is 1. The molecule has 0 fully saturated rings. The van der Waals surface area contributed by atoms with Gasteiger partial charge in [0.1, 0.15) is 11.6 Å². The predicted octanol–water partition coefficient (Wildman–Crippen LogP) is -0.332. The molecule has 1 atom stereocenters. The van der Waals surface area contributed by atoms with E-state index in [1.54, 1.807) is 18.2 Å². The van der Waals surface area contributed by atoms with Crippen molar-refractivity contribution in [1.82, 2.24) is 4.98 Å². The van der Waals surface area contributed by atoms with E-state index in [0.717, 1.165) is 0 Å². The maximum absolute atomic E-state index is 10.6. The minimum absolute atomic E-state index is 0.0579. The molecule has 1 aromatic carbocycles. The van der Waals surface area contributed by atoms with Crippen molar-refractivity contribution in [1.29, 1.82) is 0 Å². The monoisotopic (exact) mass is 236 g/mol. The summed E-state index contributed by atoms with van der Waals surface area (Å²) in [7, 11) is 0. The number of rotatable bonds is 4. The molecule has 0 bridgehead atoms. The van der Waals surface area contributed by atoms with Crippen LogP contribution in [0.25, 0.3) is 11.1 Å². The number of benzene rings is 1. The molecule has 17 heavy (non-hydrogen) atoms. The minimum atomic E-state index is -1.28. The van der Waals surface area contributed by atoms with Crippen LogP contribution < -0.4 is 16.8 Å². The van der Waals surface area contributed by atoms with Gasteiger partial charge in [-0.2, -0.15) is 4.98 Å². The first-order chi connectivity index (χ1) is 8.06. The summed E-state index contributed by atoms with van der Waals surface area (Å²) in [5, 5.41) is 11.8. The third kappa shape index (κ3) is 2.45. The van der Waals surface area contributed by atoms with Gasteiger partial charge in [-0.3, -0.25) is 4.79 Å². The summed E-state index contributed by atoms with van der Waals surface area (Å²) >= 11 is 0. The normalized spacial score (nSPS) is 12.5. The first-order valence-corrected chi connectivity index (χ1v) is 4.93. The van der Waals surface area contributed by atoms with Crippen LogP contribution in [-0.2, 0) is 4.79 Å². The van der Waals surface area contributed by atoms with Crippen LogP contribution in [0.2, 0.25) is 0 Å². The molecule has 0 saturated carbocycles. The number of hydrogen-bond acceptors (Lipinski definition) is 6. The molecule has 1 heterocycles. The zero-order chi connectivity index (χ0) is 12.4. The van der Waals surface area contributed by atoms with Gasteiger partial charge in [-0.25, -0.2) is 0 Å². The SMILES string of the molecule is NC(=O)C(O)CNc1nc2cc(N)ccc2o1. The van der Waals surface area contributed by atoms with Crippen molar-refractivity contribution >= 4 is 28.7 Å². The van der Waals surface area contributed by atoms with E-state index in [2.05, 4.69) is 10.3 Å². The zero-order valence-electron chi connectivity index (χ0n) is 8.88. The van der Waals surface area contributed by atoms with Crippen molar-refractivity contribution in [3.05, 3.63) is 18.2 Å². The van der Waals surface area contributed by atoms with Gasteiger partial charge in [0, 0.05) is 5.69 Å². The highest BCUT2D eigenvalue weighted by atomic mass is 16.4. The molecule has 90 valence electrons. The van der Waals surface area contributed by atoms with Crippen LogP contribution in [0.1, 0.15) is 0 Å². The van der Waals surface area contributed by atoms with E-state index in [0.29, 0.717) is 16.8 Å². The second kappa shape index (κ2) is 4.30. The summed E-state index contributed by atoms with van der Waals surface area (Å²) in [6.45, 7) is -0.0579. The molecule has 7 heteroatoms. The molecule has 1 unspecified atom stereocenters. The maximum atomic E-state index is 10.6. The number of aromatic nitrogens is 1. The minimum Gasteiger partial charge on any atom is -0.424 e. The molecule has 0 saturated heterocycles. The van der Waals surface area contributed by atoms with Crippen molar-refractivity contribution in [3.63, 3.8) is 0 Å². The van der Waals surface area contributed by atoms with Gasteiger partial charge in [-0.15, -0.1) is 0 Å². The Morgan fingerprint density at radius 1 is 1.59 bits per heavy atom. The molecule has 1 amide bonds. The van der Waals surface area contributed by atoms with Crippen molar-refractivity contribution in [2.75, 3.05) is 17.6 Å². The largest absolute Gasteiger partial charge is 0.424 e. The van der Waals surface area contributed by atoms with Gasteiger partial charge >= 0.3 is 0 Å². The highest BCUT2D eigenvalue weighted by Crippen LogP contribution is 2.20. The summed E-state index contributed by atoms with van der Waals surface area (Å²) in [4.78, 5) is 14.7. The summed E-state index contributed by atoms with van der Waals surface area (Å²) < 4.78 is 5.31. The fraction of sp³-hybridized carbons (Fsp3) is 0.200. The lowest BCUT2D eigenvalue weighted by Crippen LogP contribution is -2.34. The molecule has 1 aromatic heterocycles. The molecule has 0 aliphatic heterocycles. The highest BCUT2D eigenvalue weighted by molar-refractivity contribution is 5.80. The zero-order valence-corrected chi connectivity index (χ0v) is 8.88. The highest BCUT2D eigenvalue weighted by Gasteiger charge is 2.12. The lowest BCUT2D eigenvalue weighted by Gasteiger charge is -2.05. The van der Waals surface area contributed by atoms with E-state index in [4.69, 9.17) is 15.9 Å².